The van der Waals surface area contributed by atoms with Crippen molar-refractivity contribution in [3.63, 3.8) is 0 Å². The Balaban J connectivity index is 2.38. The van der Waals surface area contributed by atoms with Crippen LogP contribution in [-0.4, -0.2) is 21.6 Å². The Labute approximate surface area is 103 Å². The van der Waals surface area contributed by atoms with E-state index in [1.54, 1.807) is 12.4 Å². The number of hydrogen-bond donors (Lipinski definition) is 0. The van der Waals surface area contributed by atoms with Gasteiger partial charge in [0.25, 0.3) is 5.56 Å². The molecule has 0 aromatic carbocycles. The highest BCUT2D eigenvalue weighted by molar-refractivity contribution is 6.30. The molecule has 0 atom stereocenters. The molecule has 0 N–H and O–H groups in total. The Hall–Kier alpha value is -1.88. The van der Waals surface area contributed by atoms with Crippen molar-refractivity contribution in [2.24, 2.45) is 0 Å². The molecule has 0 unspecified atom stereocenters. The van der Waals surface area contributed by atoms with E-state index >= 15 is 0 Å². The van der Waals surface area contributed by atoms with Crippen LogP contribution in [0.25, 0.3) is 0 Å². The van der Waals surface area contributed by atoms with Crippen molar-refractivity contribution in [3.8, 4) is 5.75 Å². The third kappa shape index (κ3) is 2.45. The molecule has 0 fully saturated rings. The van der Waals surface area contributed by atoms with Gasteiger partial charge in [-0.3, -0.25) is 14.3 Å². The lowest BCUT2D eigenvalue weighted by Gasteiger charge is -2.07. The van der Waals surface area contributed by atoms with Gasteiger partial charge in [-0.2, -0.15) is 0 Å². The molecule has 88 valence electrons. The van der Waals surface area contributed by atoms with Crippen molar-refractivity contribution in [3.05, 3.63) is 51.9 Å². The second-order valence-corrected chi connectivity index (χ2v) is 3.72. The van der Waals surface area contributed by atoms with Crippen LogP contribution in [0.2, 0.25) is 5.15 Å². The van der Waals surface area contributed by atoms with E-state index in [1.807, 2.05) is 12.1 Å². The first-order chi connectivity index (χ1) is 8.22. The van der Waals surface area contributed by atoms with Gasteiger partial charge in [0.15, 0.2) is 5.15 Å². The summed E-state index contributed by atoms with van der Waals surface area (Å²) < 4.78 is 6.34. The molecule has 6 heteroatoms. The average molecular weight is 252 g/mol. The van der Waals surface area contributed by atoms with E-state index in [9.17, 15) is 4.79 Å². The quantitative estimate of drug-likeness (QED) is 0.773. The first kappa shape index (κ1) is 11.6. The number of hydrogen-bond acceptors (Lipinski definition) is 4. The monoisotopic (exact) mass is 251 g/mol. The Kier molecular flexibility index (Phi) is 3.39. The van der Waals surface area contributed by atoms with Crippen LogP contribution in [0.5, 0.6) is 5.75 Å². The van der Waals surface area contributed by atoms with Crippen molar-refractivity contribution in [1.82, 2.24) is 14.5 Å². The molecule has 0 aliphatic heterocycles. The second-order valence-electron chi connectivity index (χ2n) is 3.36. The Morgan fingerprint density at radius 2 is 2.12 bits per heavy atom. The predicted octanol–water partition coefficient (Wildman–Crippen LogP) is 1.35. The zero-order valence-electron chi connectivity index (χ0n) is 9.13. The molecule has 5 nitrogen and oxygen atoms in total. The van der Waals surface area contributed by atoms with Crippen LogP contribution < -0.4 is 10.3 Å². The van der Waals surface area contributed by atoms with Gasteiger partial charge >= 0.3 is 0 Å². The minimum absolute atomic E-state index is 0.0585. The average Bonchev–Trinajstić information content (AvgIpc) is 2.35. The zero-order valence-corrected chi connectivity index (χ0v) is 9.89. The third-order valence-corrected chi connectivity index (χ3v) is 2.53. The lowest BCUT2D eigenvalue weighted by Crippen LogP contribution is -2.22. The third-order valence-electron chi connectivity index (χ3n) is 2.26. The number of rotatable bonds is 3. The summed E-state index contributed by atoms with van der Waals surface area (Å²) in [6.45, 7) is 0.405. The number of ether oxygens (including phenoxy) is 1. The van der Waals surface area contributed by atoms with E-state index in [4.69, 9.17) is 16.3 Å². The van der Waals surface area contributed by atoms with Gasteiger partial charge in [0.2, 0.25) is 5.75 Å². The smallest absolute Gasteiger partial charge is 0.297 e. The molecule has 0 bridgehead atoms. The summed E-state index contributed by atoms with van der Waals surface area (Å²) in [6.07, 6.45) is 4.73. The van der Waals surface area contributed by atoms with Crippen molar-refractivity contribution in [1.29, 1.82) is 0 Å². The summed E-state index contributed by atoms with van der Waals surface area (Å²) in [6, 6.07) is 3.65. The number of nitrogens with zero attached hydrogens (tertiary/aromatic N) is 3. The highest BCUT2D eigenvalue weighted by Crippen LogP contribution is 2.15. The fraction of sp³-hybridized carbons (Fsp3) is 0.182. The van der Waals surface area contributed by atoms with Crippen LogP contribution in [0, 0.1) is 0 Å². The summed E-state index contributed by atoms with van der Waals surface area (Å²) in [5, 5.41) is 0.0727. The van der Waals surface area contributed by atoms with Gasteiger partial charge in [-0.25, -0.2) is 4.98 Å². The van der Waals surface area contributed by atoms with Crippen molar-refractivity contribution >= 4 is 11.6 Å². The maximum absolute atomic E-state index is 11.9. The summed E-state index contributed by atoms with van der Waals surface area (Å²) in [5.41, 5.74) is 0.651. The minimum atomic E-state index is -0.302. The molecule has 0 saturated heterocycles. The van der Waals surface area contributed by atoms with Crippen molar-refractivity contribution in [2.75, 3.05) is 7.11 Å². The van der Waals surface area contributed by atoms with Crippen LogP contribution in [0.1, 0.15) is 5.56 Å². The molecule has 0 radical (unpaired) electrons. The Morgan fingerprint density at radius 1 is 1.41 bits per heavy atom. The summed E-state index contributed by atoms with van der Waals surface area (Å²) in [5.74, 6) is 0.0585. The van der Waals surface area contributed by atoms with Gasteiger partial charge in [-0.05, 0) is 17.7 Å². The van der Waals surface area contributed by atoms with E-state index in [2.05, 4.69) is 9.97 Å². The van der Waals surface area contributed by atoms with Gasteiger partial charge in [-0.15, -0.1) is 0 Å². The number of methoxy groups -OCH3 is 1. The van der Waals surface area contributed by atoms with Gasteiger partial charge in [0.1, 0.15) is 0 Å². The SMILES string of the molecule is COc1c(Cl)ncn(Cc2ccncc2)c1=O. The molecule has 2 heterocycles. The van der Waals surface area contributed by atoms with Gasteiger partial charge in [-0.1, -0.05) is 11.6 Å². The van der Waals surface area contributed by atoms with E-state index in [1.165, 1.54) is 18.0 Å². The highest BCUT2D eigenvalue weighted by Gasteiger charge is 2.10. The largest absolute Gasteiger partial charge is 0.489 e. The minimum Gasteiger partial charge on any atom is -0.489 e. The van der Waals surface area contributed by atoms with E-state index < -0.39 is 0 Å². The molecular weight excluding hydrogens is 242 g/mol. The van der Waals surface area contributed by atoms with Crippen LogP contribution in [0.15, 0.2) is 35.6 Å². The Bertz CT molecular complexity index is 569. The number of halogens is 1. The molecule has 2 aromatic rings. The molecule has 0 saturated carbocycles. The summed E-state index contributed by atoms with van der Waals surface area (Å²) >= 11 is 5.75. The second kappa shape index (κ2) is 4.97. The van der Waals surface area contributed by atoms with Crippen molar-refractivity contribution < 1.29 is 4.74 Å². The fourth-order valence-electron chi connectivity index (χ4n) is 1.42. The lowest BCUT2D eigenvalue weighted by atomic mass is 10.3. The number of aromatic nitrogens is 3. The summed E-state index contributed by atoms with van der Waals surface area (Å²) in [4.78, 5) is 19.7. The first-order valence-electron chi connectivity index (χ1n) is 4.90. The maximum Gasteiger partial charge on any atom is 0.297 e. The highest BCUT2D eigenvalue weighted by atomic mass is 35.5. The molecule has 0 spiro atoms. The first-order valence-corrected chi connectivity index (χ1v) is 5.28. The zero-order chi connectivity index (χ0) is 12.3. The van der Waals surface area contributed by atoms with E-state index in [-0.39, 0.29) is 16.5 Å². The van der Waals surface area contributed by atoms with E-state index in [0.29, 0.717) is 6.54 Å². The standard InChI is InChI=1S/C11H10ClN3O2/c1-17-9-10(12)14-7-15(11(9)16)6-8-2-4-13-5-3-8/h2-5,7H,6H2,1H3. The Morgan fingerprint density at radius 3 is 2.76 bits per heavy atom. The molecule has 0 aliphatic carbocycles. The lowest BCUT2D eigenvalue weighted by molar-refractivity contribution is 0.401. The normalized spacial score (nSPS) is 10.2. The predicted molar refractivity (Wildman–Crippen MR) is 63.4 cm³/mol. The molecule has 0 aliphatic rings. The molecule has 2 rings (SSSR count). The number of pyridine rings is 1. The molecule has 2 aromatic heterocycles. The summed E-state index contributed by atoms with van der Waals surface area (Å²) in [7, 11) is 1.39. The van der Waals surface area contributed by atoms with E-state index in [0.717, 1.165) is 5.56 Å². The van der Waals surface area contributed by atoms with Gasteiger partial charge in [0, 0.05) is 12.4 Å². The molecule has 0 amide bonds. The topological polar surface area (TPSA) is 57.0 Å². The molecular formula is C11H10ClN3O2. The maximum atomic E-state index is 11.9. The van der Waals surface area contributed by atoms with Crippen LogP contribution in [-0.2, 0) is 6.54 Å². The van der Waals surface area contributed by atoms with Crippen molar-refractivity contribution in [2.45, 2.75) is 6.54 Å². The molecule has 17 heavy (non-hydrogen) atoms. The van der Waals surface area contributed by atoms with Crippen LogP contribution in [0.3, 0.4) is 0 Å². The van der Waals surface area contributed by atoms with Crippen LogP contribution in [0.4, 0.5) is 0 Å². The van der Waals surface area contributed by atoms with Gasteiger partial charge in [0.05, 0.1) is 20.0 Å². The fourth-order valence-corrected chi connectivity index (χ4v) is 1.62. The van der Waals surface area contributed by atoms with Crippen LogP contribution >= 0.6 is 11.6 Å². The van der Waals surface area contributed by atoms with Gasteiger partial charge < -0.3 is 4.74 Å².